The van der Waals surface area contributed by atoms with E-state index in [1.165, 1.54) is 0 Å². The van der Waals surface area contributed by atoms with Crippen molar-refractivity contribution in [2.24, 2.45) is 0 Å². The molecule has 4 nitrogen and oxygen atoms in total. The monoisotopic (exact) mass is 321 g/mol. The van der Waals surface area contributed by atoms with Gasteiger partial charge in [-0.25, -0.2) is 0 Å². The van der Waals surface area contributed by atoms with Crippen molar-refractivity contribution in [1.82, 2.24) is 5.32 Å². The molecule has 0 aromatic heterocycles. The third-order valence-electron chi connectivity index (χ3n) is 3.62. The number of hydrogen-bond donors (Lipinski definition) is 1. The Kier molecular flexibility index (Phi) is 9.79. The molecule has 0 bridgehead atoms. The fourth-order valence-corrected chi connectivity index (χ4v) is 4.11. The maximum Gasteiger partial charge on any atom is 0.334 e. The van der Waals surface area contributed by atoms with Gasteiger partial charge in [0, 0.05) is 31.9 Å². The van der Waals surface area contributed by atoms with E-state index in [-0.39, 0.29) is 11.4 Å². The smallest absolute Gasteiger partial charge is 0.334 e. The Labute approximate surface area is 129 Å². The molecule has 20 heavy (non-hydrogen) atoms. The molecule has 1 amide bonds. The van der Waals surface area contributed by atoms with Crippen molar-refractivity contribution in [3.63, 3.8) is 0 Å². The highest BCUT2D eigenvalue weighted by Crippen LogP contribution is 2.16. The van der Waals surface area contributed by atoms with Gasteiger partial charge in [-0.05, 0) is 45.0 Å². The van der Waals surface area contributed by atoms with Crippen LogP contribution in [-0.2, 0) is 13.6 Å². The third kappa shape index (κ3) is 9.00. The normalized spacial score (nSPS) is 12.5. The first-order chi connectivity index (χ1) is 9.28. The van der Waals surface area contributed by atoms with E-state index < -0.39 is 8.56 Å². The van der Waals surface area contributed by atoms with Crippen LogP contribution in [0.4, 0.5) is 0 Å². The number of thioether (sulfide) groups is 1. The first kappa shape index (κ1) is 20.0. The lowest BCUT2D eigenvalue weighted by Gasteiger charge is -2.24. The summed E-state index contributed by atoms with van der Waals surface area (Å²) in [5.41, 5.74) is -0.0912. The average Bonchev–Trinajstić information content (AvgIpc) is 2.41. The van der Waals surface area contributed by atoms with Gasteiger partial charge in [0.2, 0.25) is 5.91 Å². The highest BCUT2D eigenvalue weighted by molar-refractivity contribution is 7.99. The predicted octanol–water partition coefficient (Wildman–Crippen LogP) is 3.17. The Bertz CT molecular complexity index is 284. The maximum absolute atomic E-state index is 11.7. The quantitative estimate of drug-likeness (QED) is 0.469. The molecule has 0 spiro atoms. The standard InChI is InChI=1S/C14H31NO3SSi/c1-7-14(2,3)15-13(16)9-11-19-10-8-12-20(6,17-4)18-5/h7-12H2,1-6H3,(H,15,16). The fourth-order valence-electron chi connectivity index (χ4n) is 1.58. The minimum Gasteiger partial charge on any atom is -0.398 e. The van der Waals surface area contributed by atoms with E-state index in [9.17, 15) is 4.79 Å². The molecular weight excluding hydrogens is 290 g/mol. The summed E-state index contributed by atoms with van der Waals surface area (Å²) in [6.07, 6.45) is 2.62. The lowest BCUT2D eigenvalue weighted by molar-refractivity contribution is -0.122. The minimum atomic E-state index is -1.91. The van der Waals surface area contributed by atoms with Crippen molar-refractivity contribution in [1.29, 1.82) is 0 Å². The van der Waals surface area contributed by atoms with Crippen LogP contribution in [-0.4, -0.2) is 45.7 Å². The van der Waals surface area contributed by atoms with Crippen molar-refractivity contribution in [2.45, 2.75) is 58.2 Å². The highest BCUT2D eigenvalue weighted by Gasteiger charge is 2.27. The molecule has 0 unspecified atom stereocenters. The predicted molar refractivity (Wildman–Crippen MR) is 89.5 cm³/mol. The summed E-state index contributed by atoms with van der Waals surface area (Å²) in [6, 6.07) is 1.00. The van der Waals surface area contributed by atoms with E-state index in [1.54, 1.807) is 14.2 Å². The van der Waals surface area contributed by atoms with Crippen molar-refractivity contribution < 1.29 is 13.6 Å². The van der Waals surface area contributed by atoms with E-state index in [4.69, 9.17) is 8.85 Å². The van der Waals surface area contributed by atoms with Gasteiger partial charge in [-0.2, -0.15) is 11.8 Å². The number of amides is 1. The largest absolute Gasteiger partial charge is 0.398 e. The second-order valence-electron chi connectivity index (χ2n) is 5.79. The summed E-state index contributed by atoms with van der Waals surface area (Å²) in [5, 5.41) is 3.05. The van der Waals surface area contributed by atoms with E-state index in [2.05, 4.69) is 32.6 Å². The molecule has 0 aromatic rings. The lowest BCUT2D eigenvalue weighted by atomic mass is 10.0. The topological polar surface area (TPSA) is 47.6 Å². The van der Waals surface area contributed by atoms with Gasteiger partial charge in [-0.15, -0.1) is 0 Å². The van der Waals surface area contributed by atoms with Crippen LogP contribution in [0.5, 0.6) is 0 Å². The van der Waals surface area contributed by atoms with Crippen LogP contribution in [0.15, 0.2) is 0 Å². The van der Waals surface area contributed by atoms with Gasteiger partial charge in [-0.1, -0.05) is 6.92 Å². The Morgan fingerprint density at radius 2 is 1.85 bits per heavy atom. The van der Waals surface area contributed by atoms with Gasteiger partial charge in [-0.3, -0.25) is 4.79 Å². The van der Waals surface area contributed by atoms with Crippen molar-refractivity contribution >= 4 is 26.2 Å². The fraction of sp³-hybridized carbons (Fsp3) is 0.929. The van der Waals surface area contributed by atoms with Crippen molar-refractivity contribution in [3.05, 3.63) is 0 Å². The molecule has 0 aromatic carbocycles. The minimum absolute atomic E-state index is 0.0912. The van der Waals surface area contributed by atoms with E-state index >= 15 is 0 Å². The molecule has 0 fully saturated rings. The average molecular weight is 322 g/mol. The second kappa shape index (κ2) is 9.81. The third-order valence-corrected chi connectivity index (χ3v) is 7.68. The van der Waals surface area contributed by atoms with Crippen LogP contribution in [0.25, 0.3) is 0 Å². The Hall–Kier alpha value is -0.0431. The van der Waals surface area contributed by atoms with Gasteiger partial charge in [0.15, 0.2) is 0 Å². The van der Waals surface area contributed by atoms with Gasteiger partial charge in [0.1, 0.15) is 0 Å². The van der Waals surface area contributed by atoms with Crippen LogP contribution >= 0.6 is 11.8 Å². The Morgan fingerprint density at radius 1 is 1.25 bits per heavy atom. The van der Waals surface area contributed by atoms with E-state index in [0.29, 0.717) is 6.42 Å². The van der Waals surface area contributed by atoms with Crippen LogP contribution in [0.2, 0.25) is 12.6 Å². The van der Waals surface area contributed by atoms with E-state index in [0.717, 1.165) is 30.4 Å². The summed E-state index contributed by atoms with van der Waals surface area (Å²) < 4.78 is 10.9. The molecule has 120 valence electrons. The maximum atomic E-state index is 11.7. The zero-order chi connectivity index (χ0) is 15.6. The van der Waals surface area contributed by atoms with Crippen LogP contribution < -0.4 is 5.32 Å². The number of hydrogen-bond acceptors (Lipinski definition) is 4. The zero-order valence-electron chi connectivity index (χ0n) is 13.9. The van der Waals surface area contributed by atoms with Gasteiger partial charge < -0.3 is 14.2 Å². The van der Waals surface area contributed by atoms with Crippen LogP contribution in [0.3, 0.4) is 0 Å². The van der Waals surface area contributed by atoms with Crippen molar-refractivity contribution in [2.75, 3.05) is 25.7 Å². The molecule has 0 saturated heterocycles. The second-order valence-corrected chi connectivity index (χ2v) is 10.6. The zero-order valence-corrected chi connectivity index (χ0v) is 15.7. The summed E-state index contributed by atoms with van der Waals surface area (Å²) in [6.45, 7) is 8.28. The molecule has 0 atom stereocenters. The first-order valence-corrected chi connectivity index (χ1v) is 11.0. The molecule has 0 aliphatic carbocycles. The molecule has 0 saturated carbocycles. The molecule has 0 aliphatic heterocycles. The van der Waals surface area contributed by atoms with Gasteiger partial charge >= 0.3 is 8.56 Å². The van der Waals surface area contributed by atoms with Gasteiger partial charge in [0.05, 0.1) is 0 Å². The summed E-state index contributed by atoms with van der Waals surface area (Å²) in [5.74, 6) is 2.08. The molecule has 0 heterocycles. The van der Waals surface area contributed by atoms with Crippen LogP contribution in [0.1, 0.15) is 40.0 Å². The number of rotatable bonds is 11. The van der Waals surface area contributed by atoms with E-state index in [1.807, 2.05) is 11.8 Å². The molecule has 0 radical (unpaired) electrons. The number of carbonyl (C=O) groups is 1. The molecule has 6 heteroatoms. The Balaban J connectivity index is 3.65. The molecular formula is C14H31NO3SSi. The molecule has 0 rings (SSSR count). The van der Waals surface area contributed by atoms with Crippen molar-refractivity contribution in [3.8, 4) is 0 Å². The first-order valence-electron chi connectivity index (χ1n) is 7.27. The summed E-state index contributed by atoms with van der Waals surface area (Å²) in [4.78, 5) is 11.7. The highest BCUT2D eigenvalue weighted by atomic mass is 32.2. The number of nitrogens with one attached hydrogen (secondary N) is 1. The SMILES string of the molecule is CCC(C)(C)NC(=O)CCSCCC[Si](C)(OC)OC. The van der Waals surface area contributed by atoms with Gasteiger partial charge in [0.25, 0.3) is 0 Å². The lowest BCUT2D eigenvalue weighted by Crippen LogP contribution is -2.42. The summed E-state index contributed by atoms with van der Waals surface area (Å²) in [7, 11) is 1.54. The summed E-state index contributed by atoms with van der Waals surface area (Å²) >= 11 is 1.83. The molecule has 1 N–H and O–H groups in total. The molecule has 0 aliphatic rings. The number of carbonyl (C=O) groups excluding carboxylic acids is 1. The van der Waals surface area contributed by atoms with Crippen LogP contribution in [0, 0.1) is 0 Å². The Morgan fingerprint density at radius 3 is 2.35 bits per heavy atom.